The number of pyridine rings is 1. The third-order valence-electron chi connectivity index (χ3n) is 4.64. The minimum absolute atomic E-state index is 0.480. The maximum atomic E-state index is 4.44. The van der Waals surface area contributed by atoms with E-state index in [0.717, 1.165) is 18.3 Å². The number of rotatable bonds is 3. The van der Waals surface area contributed by atoms with Crippen LogP contribution in [0.4, 0.5) is 0 Å². The van der Waals surface area contributed by atoms with Crippen LogP contribution in [-0.4, -0.2) is 9.81 Å². The maximum Gasteiger partial charge on any atom is 0.0414 e. The lowest BCUT2D eigenvalue weighted by molar-refractivity contribution is 0.149. The molecule has 2 rings (SSSR count). The van der Waals surface area contributed by atoms with E-state index in [4.69, 9.17) is 0 Å². The third-order valence-corrected chi connectivity index (χ3v) is 5.71. The normalized spacial score (nSPS) is 26.1. The highest BCUT2D eigenvalue weighted by Crippen LogP contribution is 2.42. The van der Waals surface area contributed by atoms with Crippen molar-refractivity contribution >= 4 is 15.9 Å². The van der Waals surface area contributed by atoms with Crippen molar-refractivity contribution in [3.63, 3.8) is 0 Å². The minimum atomic E-state index is 0.480. The molecule has 1 aromatic rings. The second kappa shape index (κ2) is 6.39. The van der Waals surface area contributed by atoms with Crippen LogP contribution in [0.3, 0.4) is 0 Å². The molecule has 106 valence electrons. The van der Waals surface area contributed by atoms with E-state index in [1.54, 1.807) is 0 Å². The van der Waals surface area contributed by atoms with Crippen LogP contribution in [0.2, 0.25) is 0 Å². The molecule has 1 nitrogen and oxygen atoms in total. The second-order valence-corrected chi connectivity index (χ2v) is 8.20. The summed E-state index contributed by atoms with van der Waals surface area (Å²) in [5, 5.41) is 0. The Kier molecular flexibility index (Phi) is 5.05. The lowest BCUT2D eigenvalue weighted by Gasteiger charge is -2.38. The molecule has 1 fully saturated rings. The number of hydrogen-bond acceptors (Lipinski definition) is 1. The van der Waals surface area contributed by atoms with Crippen LogP contribution in [0, 0.1) is 17.3 Å². The lowest BCUT2D eigenvalue weighted by Crippen LogP contribution is -2.29. The molecule has 1 aromatic heterocycles. The van der Waals surface area contributed by atoms with Gasteiger partial charge < -0.3 is 0 Å². The molecular formula is C17H26BrN. The molecule has 0 aliphatic heterocycles. The standard InChI is InChI=1S/C17H26BrN/c1-17(2,3)14-9-7-13(8-10-14)16(18)12-15-6-4-5-11-19-15/h4-6,11,13-14,16H,7-10,12H2,1-3H3. The summed E-state index contributed by atoms with van der Waals surface area (Å²) in [5.74, 6) is 1.72. The Morgan fingerprint density at radius 2 is 1.89 bits per heavy atom. The summed E-state index contributed by atoms with van der Waals surface area (Å²) in [4.78, 5) is 5.02. The fourth-order valence-electron chi connectivity index (χ4n) is 3.23. The van der Waals surface area contributed by atoms with Gasteiger partial charge in [0.2, 0.25) is 0 Å². The summed E-state index contributed by atoms with van der Waals surface area (Å²) >= 11 is 3.91. The highest BCUT2D eigenvalue weighted by Gasteiger charge is 2.32. The Bertz CT molecular complexity index is 374. The first-order valence-corrected chi connectivity index (χ1v) is 8.42. The molecule has 0 amide bonds. The molecule has 1 heterocycles. The molecule has 0 radical (unpaired) electrons. The van der Waals surface area contributed by atoms with Gasteiger partial charge >= 0.3 is 0 Å². The van der Waals surface area contributed by atoms with Gasteiger partial charge in [-0.3, -0.25) is 4.98 Å². The Morgan fingerprint density at radius 3 is 2.42 bits per heavy atom. The van der Waals surface area contributed by atoms with E-state index in [2.05, 4.69) is 53.8 Å². The third kappa shape index (κ3) is 4.30. The van der Waals surface area contributed by atoms with Gasteiger partial charge in [0.15, 0.2) is 0 Å². The highest BCUT2D eigenvalue weighted by molar-refractivity contribution is 9.09. The first-order chi connectivity index (χ1) is 8.97. The van der Waals surface area contributed by atoms with Crippen molar-refractivity contribution in [2.24, 2.45) is 17.3 Å². The van der Waals surface area contributed by atoms with Crippen LogP contribution in [0.5, 0.6) is 0 Å². The van der Waals surface area contributed by atoms with E-state index < -0.39 is 0 Å². The van der Waals surface area contributed by atoms with Crippen LogP contribution >= 0.6 is 15.9 Å². The van der Waals surface area contributed by atoms with Gasteiger partial charge in [-0.15, -0.1) is 0 Å². The predicted octanol–water partition coefficient (Wildman–Crippen LogP) is 5.24. The van der Waals surface area contributed by atoms with Crippen molar-refractivity contribution in [1.29, 1.82) is 0 Å². The molecule has 0 bridgehead atoms. The van der Waals surface area contributed by atoms with Crippen LogP contribution in [-0.2, 0) is 6.42 Å². The first kappa shape index (κ1) is 15.0. The highest BCUT2D eigenvalue weighted by atomic mass is 79.9. The molecule has 1 atom stereocenters. The van der Waals surface area contributed by atoms with Crippen LogP contribution in [0.25, 0.3) is 0 Å². The molecule has 1 aliphatic carbocycles. The van der Waals surface area contributed by atoms with Crippen LogP contribution in [0.15, 0.2) is 24.4 Å². The molecule has 0 saturated heterocycles. The molecule has 1 unspecified atom stereocenters. The zero-order chi connectivity index (χ0) is 13.9. The number of nitrogens with zero attached hydrogens (tertiary/aromatic N) is 1. The van der Waals surface area contributed by atoms with E-state index in [9.17, 15) is 0 Å². The molecule has 0 N–H and O–H groups in total. The fraction of sp³-hybridized carbons (Fsp3) is 0.706. The Labute approximate surface area is 126 Å². The van der Waals surface area contributed by atoms with Crippen molar-refractivity contribution < 1.29 is 0 Å². The van der Waals surface area contributed by atoms with E-state index in [-0.39, 0.29) is 0 Å². The van der Waals surface area contributed by atoms with E-state index >= 15 is 0 Å². The number of halogens is 1. The molecule has 0 spiro atoms. The van der Waals surface area contributed by atoms with Crippen molar-refractivity contribution in [2.75, 3.05) is 0 Å². The molecule has 1 aliphatic rings. The molecule has 1 saturated carbocycles. The summed E-state index contributed by atoms with van der Waals surface area (Å²) < 4.78 is 0. The summed E-state index contributed by atoms with van der Waals surface area (Å²) in [6.45, 7) is 7.16. The smallest absolute Gasteiger partial charge is 0.0414 e. The zero-order valence-corrected chi connectivity index (χ0v) is 14.0. The van der Waals surface area contributed by atoms with Gasteiger partial charge in [0.1, 0.15) is 0 Å². The predicted molar refractivity (Wildman–Crippen MR) is 85.6 cm³/mol. The van der Waals surface area contributed by atoms with Crippen molar-refractivity contribution in [1.82, 2.24) is 4.98 Å². The number of alkyl halides is 1. The Balaban J connectivity index is 1.84. The maximum absolute atomic E-state index is 4.44. The zero-order valence-electron chi connectivity index (χ0n) is 12.4. The topological polar surface area (TPSA) is 12.9 Å². The average molecular weight is 324 g/mol. The summed E-state index contributed by atoms with van der Waals surface area (Å²) in [5.41, 5.74) is 1.69. The van der Waals surface area contributed by atoms with Gasteiger partial charge in [-0.25, -0.2) is 0 Å². The van der Waals surface area contributed by atoms with Gasteiger partial charge in [-0.05, 0) is 55.1 Å². The number of hydrogen-bond donors (Lipinski definition) is 0. The Hall–Kier alpha value is -0.370. The van der Waals surface area contributed by atoms with E-state index in [1.165, 1.54) is 31.4 Å². The van der Waals surface area contributed by atoms with Gasteiger partial charge in [-0.2, -0.15) is 0 Å². The average Bonchev–Trinajstić information content (AvgIpc) is 2.39. The van der Waals surface area contributed by atoms with Crippen LogP contribution in [0.1, 0.15) is 52.1 Å². The minimum Gasteiger partial charge on any atom is -0.261 e. The van der Waals surface area contributed by atoms with Gasteiger partial charge in [0.05, 0.1) is 0 Å². The van der Waals surface area contributed by atoms with Gasteiger partial charge in [0.25, 0.3) is 0 Å². The molecule has 2 heteroatoms. The van der Waals surface area contributed by atoms with E-state index in [1.807, 2.05) is 12.3 Å². The molecular weight excluding hydrogens is 298 g/mol. The SMILES string of the molecule is CC(C)(C)C1CCC(C(Br)Cc2ccccn2)CC1. The summed E-state index contributed by atoms with van der Waals surface area (Å²) in [6.07, 6.45) is 8.46. The van der Waals surface area contributed by atoms with Crippen molar-refractivity contribution in [3.05, 3.63) is 30.1 Å². The number of aromatic nitrogens is 1. The monoisotopic (exact) mass is 323 g/mol. The Morgan fingerprint density at radius 1 is 1.21 bits per heavy atom. The van der Waals surface area contributed by atoms with E-state index in [0.29, 0.717) is 10.2 Å². The van der Waals surface area contributed by atoms with Gasteiger partial charge in [0, 0.05) is 23.1 Å². The first-order valence-electron chi connectivity index (χ1n) is 7.51. The van der Waals surface area contributed by atoms with Gasteiger partial charge in [-0.1, -0.05) is 42.8 Å². The van der Waals surface area contributed by atoms with Crippen LogP contribution < -0.4 is 0 Å². The lowest BCUT2D eigenvalue weighted by atomic mass is 9.69. The summed E-state index contributed by atoms with van der Waals surface area (Å²) in [6, 6.07) is 6.20. The molecule has 19 heavy (non-hydrogen) atoms. The molecule has 0 aromatic carbocycles. The van der Waals surface area contributed by atoms with Crippen molar-refractivity contribution in [2.45, 2.75) is 57.7 Å². The fourth-order valence-corrected chi connectivity index (χ4v) is 4.09. The summed E-state index contributed by atoms with van der Waals surface area (Å²) in [7, 11) is 0. The van der Waals surface area contributed by atoms with Crippen molar-refractivity contribution in [3.8, 4) is 0 Å². The quantitative estimate of drug-likeness (QED) is 0.693. The second-order valence-electron chi connectivity index (χ2n) is 7.02. The largest absolute Gasteiger partial charge is 0.261 e.